The topological polar surface area (TPSA) is 3.24 Å². The molecule has 1 atom stereocenters. The van der Waals surface area contributed by atoms with Gasteiger partial charge in [-0.3, -0.25) is 0 Å². The van der Waals surface area contributed by atoms with Gasteiger partial charge in [0, 0.05) is 6.04 Å². The van der Waals surface area contributed by atoms with E-state index >= 15 is 0 Å². The van der Waals surface area contributed by atoms with Crippen molar-refractivity contribution in [1.82, 2.24) is 4.90 Å². The van der Waals surface area contributed by atoms with Crippen molar-refractivity contribution in [3.05, 3.63) is 23.8 Å². The average molecular weight is 223 g/mol. The molecule has 0 aromatic carbocycles. The summed E-state index contributed by atoms with van der Waals surface area (Å²) in [6.07, 6.45) is 6.95. The van der Waals surface area contributed by atoms with E-state index in [4.69, 9.17) is 0 Å². The maximum absolute atomic E-state index is 2.38. The second-order valence-corrected chi connectivity index (χ2v) is 5.24. The van der Waals surface area contributed by atoms with Gasteiger partial charge in [-0.25, -0.2) is 0 Å². The van der Waals surface area contributed by atoms with Crippen LogP contribution in [0.25, 0.3) is 0 Å². The zero-order chi connectivity index (χ0) is 12.7. The standard InChI is InChI=1S/C15H29N/c1-8-16(7)14(6)11-15(13(4)5)10-9-12(2)3/h9-14H,8H2,1-7H3/b10-9+,15-11+. The molecule has 0 fully saturated rings. The van der Waals surface area contributed by atoms with Crippen molar-refractivity contribution in [2.75, 3.05) is 13.6 Å². The van der Waals surface area contributed by atoms with E-state index in [1.165, 1.54) is 5.57 Å². The van der Waals surface area contributed by atoms with Crippen LogP contribution in [-0.4, -0.2) is 24.5 Å². The summed E-state index contributed by atoms with van der Waals surface area (Å²) < 4.78 is 0. The van der Waals surface area contributed by atoms with E-state index in [1.54, 1.807) is 0 Å². The number of rotatable bonds is 6. The third kappa shape index (κ3) is 6.12. The van der Waals surface area contributed by atoms with Crippen LogP contribution in [0.15, 0.2) is 23.8 Å². The first kappa shape index (κ1) is 15.4. The minimum absolute atomic E-state index is 0.513. The predicted molar refractivity (Wildman–Crippen MR) is 74.7 cm³/mol. The van der Waals surface area contributed by atoms with E-state index in [0.717, 1.165) is 6.54 Å². The molecule has 0 aliphatic carbocycles. The monoisotopic (exact) mass is 223 g/mol. The normalized spacial score (nSPS) is 15.8. The first-order valence-corrected chi connectivity index (χ1v) is 6.48. The Morgan fingerprint density at radius 2 is 1.69 bits per heavy atom. The lowest BCUT2D eigenvalue weighted by atomic mass is 9.99. The molecule has 0 saturated heterocycles. The van der Waals surface area contributed by atoms with Gasteiger partial charge in [0.1, 0.15) is 0 Å². The van der Waals surface area contributed by atoms with Crippen LogP contribution < -0.4 is 0 Å². The van der Waals surface area contributed by atoms with Gasteiger partial charge in [0.05, 0.1) is 0 Å². The molecule has 0 spiro atoms. The first-order chi connectivity index (χ1) is 7.38. The fourth-order valence-corrected chi connectivity index (χ4v) is 1.44. The smallest absolute Gasteiger partial charge is 0.0252 e. The lowest BCUT2D eigenvalue weighted by Crippen LogP contribution is -2.27. The van der Waals surface area contributed by atoms with Gasteiger partial charge in [0.2, 0.25) is 0 Å². The third-order valence-electron chi connectivity index (χ3n) is 2.97. The van der Waals surface area contributed by atoms with Gasteiger partial charge >= 0.3 is 0 Å². The van der Waals surface area contributed by atoms with E-state index < -0.39 is 0 Å². The van der Waals surface area contributed by atoms with Gasteiger partial charge < -0.3 is 4.90 Å². The molecule has 16 heavy (non-hydrogen) atoms. The van der Waals surface area contributed by atoms with Gasteiger partial charge in [-0.05, 0) is 37.9 Å². The Labute approximate surface area is 102 Å². The highest BCUT2D eigenvalue weighted by Gasteiger charge is 2.06. The summed E-state index contributed by atoms with van der Waals surface area (Å²) in [5.41, 5.74) is 1.45. The summed E-state index contributed by atoms with van der Waals surface area (Å²) in [7, 11) is 2.17. The van der Waals surface area contributed by atoms with Crippen LogP contribution in [0.2, 0.25) is 0 Å². The molecule has 0 aromatic heterocycles. The number of hydrogen-bond acceptors (Lipinski definition) is 1. The Kier molecular flexibility index (Phi) is 7.40. The van der Waals surface area contributed by atoms with E-state index in [9.17, 15) is 0 Å². The Balaban J connectivity index is 4.70. The molecule has 1 heteroatoms. The summed E-state index contributed by atoms with van der Waals surface area (Å²) in [5.74, 6) is 1.23. The van der Waals surface area contributed by atoms with Crippen molar-refractivity contribution >= 4 is 0 Å². The van der Waals surface area contributed by atoms with Crippen LogP contribution >= 0.6 is 0 Å². The van der Waals surface area contributed by atoms with Crippen molar-refractivity contribution in [2.24, 2.45) is 11.8 Å². The summed E-state index contributed by atoms with van der Waals surface area (Å²) in [4.78, 5) is 2.35. The molecule has 0 saturated carbocycles. The Morgan fingerprint density at radius 3 is 2.06 bits per heavy atom. The van der Waals surface area contributed by atoms with Crippen molar-refractivity contribution in [3.8, 4) is 0 Å². The summed E-state index contributed by atoms with van der Waals surface area (Å²) in [5, 5.41) is 0. The van der Waals surface area contributed by atoms with Crippen LogP contribution in [0.5, 0.6) is 0 Å². The molecule has 1 nitrogen and oxygen atoms in total. The molecule has 0 aromatic rings. The minimum atomic E-state index is 0.513. The number of allylic oxidation sites excluding steroid dienone is 3. The van der Waals surface area contributed by atoms with Crippen molar-refractivity contribution in [1.29, 1.82) is 0 Å². The van der Waals surface area contributed by atoms with Crippen molar-refractivity contribution < 1.29 is 0 Å². The Morgan fingerprint density at radius 1 is 1.12 bits per heavy atom. The highest BCUT2D eigenvalue weighted by atomic mass is 15.1. The van der Waals surface area contributed by atoms with Crippen molar-refractivity contribution in [3.63, 3.8) is 0 Å². The highest BCUT2D eigenvalue weighted by Crippen LogP contribution is 2.15. The maximum atomic E-state index is 2.38. The van der Waals surface area contributed by atoms with Gasteiger partial charge in [-0.15, -0.1) is 0 Å². The zero-order valence-electron chi connectivity index (χ0n) is 12.1. The average Bonchev–Trinajstić information content (AvgIpc) is 2.21. The maximum Gasteiger partial charge on any atom is 0.0252 e. The van der Waals surface area contributed by atoms with Crippen LogP contribution in [0.1, 0.15) is 41.5 Å². The molecule has 0 N–H and O–H groups in total. The molecule has 94 valence electrons. The van der Waals surface area contributed by atoms with Gasteiger partial charge in [0.15, 0.2) is 0 Å². The Bertz CT molecular complexity index is 236. The largest absolute Gasteiger partial charge is 0.301 e. The molecule has 0 aliphatic rings. The summed E-state index contributed by atoms with van der Waals surface area (Å²) in [6.45, 7) is 14.5. The number of likely N-dealkylation sites (N-methyl/N-ethyl adjacent to an activating group) is 1. The van der Waals surface area contributed by atoms with Crippen LogP contribution in [0, 0.1) is 11.8 Å². The molecule has 0 amide bonds. The Hall–Kier alpha value is -0.560. The third-order valence-corrected chi connectivity index (χ3v) is 2.97. The van der Waals surface area contributed by atoms with Gasteiger partial charge in [-0.2, -0.15) is 0 Å². The molecule has 0 bridgehead atoms. The summed E-state index contributed by atoms with van der Waals surface area (Å²) in [6, 6.07) is 0.513. The molecular weight excluding hydrogens is 194 g/mol. The van der Waals surface area contributed by atoms with E-state index in [2.05, 4.69) is 71.7 Å². The fraction of sp³-hybridized carbons (Fsp3) is 0.733. The highest BCUT2D eigenvalue weighted by molar-refractivity contribution is 5.22. The predicted octanol–water partition coefficient (Wildman–Crippen LogP) is 4.12. The number of hydrogen-bond donors (Lipinski definition) is 0. The SMILES string of the molecule is CCN(C)C(C)/C=C(\C=C\C(C)C)C(C)C. The lowest BCUT2D eigenvalue weighted by Gasteiger charge is -2.21. The molecule has 0 rings (SSSR count). The fourth-order valence-electron chi connectivity index (χ4n) is 1.44. The zero-order valence-corrected chi connectivity index (χ0v) is 12.1. The second-order valence-electron chi connectivity index (χ2n) is 5.24. The first-order valence-electron chi connectivity index (χ1n) is 6.48. The molecule has 1 unspecified atom stereocenters. The van der Waals surface area contributed by atoms with E-state index in [0.29, 0.717) is 17.9 Å². The van der Waals surface area contributed by atoms with Crippen LogP contribution in [0.3, 0.4) is 0 Å². The minimum Gasteiger partial charge on any atom is -0.301 e. The quantitative estimate of drug-likeness (QED) is 0.612. The number of nitrogens with zero attached hydrogens (tertiary/aromatic N) is 1. The van der Waals surface area contributed by atoms with Gasteiger partial charge in [-0.1, -0.05) is 52.8 Å². The second kappa shape index (κ2) is 7.67. The molecular formula is C15H29N. The van der Waals surface area contributed by atoms with Gasteiger partial charge in [0.25, 0.3) is 0 Å². The summed E-state index contributed by atoms with van der Waals surface area (Å²) >= 11 is 0. The van der Waals surface area contributed by atoms with Crippen LogP contribution in [0.4, 0.5) is 0 Å². The van der Waals surface area contributed by atoms with E-state index in [-0.39, 0.29) is 0 Å². The lowest BCUT2D eigenvalue weighted by molar-refractivity contribution is 0.312. The van der Waals surface area contributed by atoms with Crippen LogP contribution in [-0.2, 0) is 0 Å². The molecule has 0 heterocycles. The molecule has 0 radical (unpaired) electrons. The van der Waals surface area contributed by atoms with Crippen molar-refractivity contribution in [2.45, 2.75) is 47.6 Å². The molecule has 0 aliphatic heterocycles. The van der Waals surface area contributed by atoms with E-state index in [1.807, 2.05) is 0 Å².